The SMILES string of the molecule is CCCCCCCCC(=O)OC(CC1CC[N+]2(CCCC2)CC1)CC1CC[N+]2(CCCC2)CC1.[Br-].[Br-]. The van der Waals surface area contributed by atoms with Crippen LogP contribution in [0.15, 0.2) is 0 Å². The highest BCUT2D eigenvalue weighted by atomic mass is 79.9. The number of piperidine rings is 2. The molecule has 4 heterocycles. The highest BCUT2D eigenvalue weighted by Gasteiger charge is 2.39. The first-order valence-electron chi connectivity index (χ1n) is 15.5. The van der Waals surface area contributed by atoms with Gasteiger partial charge in [0.2, 0.25) is 0 Å². The Morgan fingerprint density at radius 1 is 0.667 bits per heavy atom. The zero-order valence-corrected chi connectivity index (χ0v) is 26.5. The molecule has 0 bridgehead atoms. The van der Waals surface area contributed by atoms with E-state index in [0.717, 1.165) is 31.1 Å². The summed E-state index contributed by atoms with van der Waals surface area (Å²) in [7, 11) is 0. The van der Waals surface area contributed by atoms with E-state index in [4.69, 9.17) is 4.74 Å². The van der Waals surface area contributed by atoms with E-state index in [-0.39, 0.29) is 46.0 Å². The fourth-order valence-electron chi connectivity index (χ4n) is 7.95. The first-order valence-corrected chi connectivity index (χ1v) is 15.5. The standard InChI is InChI=1S/C30H56N2O2.2BrH/c1-2-3-4-5-6-7-12-30(33)34-29(25-27-13-21-31(22-14-27)17-8-9-18-31)26-28-15-23-32(24-16-28)19-10-11-20-32;;/h27-29H,2-26H2,1H3;2*1H/q+2;;/p-2. The van der Waals surface area contributed by atoms with Crippen LogP contribution in [0.5, 0.6) is 0 Å². The quantitative estimate of drug-likeness (QED) is 0.177. The fourth-order valence-corrected chi connectivity index (χ4v) is 7.95. The molecule has 0 radical (unpaired) electrons. The second kappa shape index (κ2) is 16.5. The average Bonchev–Trinajstić information content (AvgIpc) is 3.50. The van der Waals surface area contributed by atoms with Crippen molar-refractivity contribution in [1.29, 1.82) is 0 Å². The number of hydrogen-bond acceptors (Lipinski definition) is 2. The van der Waals surface area contributed by atoms with Crippen molar-refractivity contribution >= 4 is 5.97 Å². The summed E-state index contributed by atoms with van der Waals surface area (Å²) in [4.78, 5) is 12.8. The molecule has 6 heteroatoms. The van der Waals surface area contributed by atoms with E-state index in [1.165, 1.54) is 145 Å². The Labute approximate surface area is 244 Å². The zero-order chi connectivity index (χ0) is 23.7. The van der Waals surface area contributed by atoms with E-state index in [0.29, 0.717) is 6.42 Å². The van der Waals surface area contributed by atoms with Crippen molar-refractivity contribution in [3.05, 3.63) is 0 Å². The summed E-state index contributed by atoms with van der Waals surface area (Å²) in [5.74, 6) is 1.65. The number of carbonyl (C=O) groups is 1. The Morgan fingerprint density at radius 2 is 1.08 bits per heavy atom. The number of nitrogens with zero attached hydrogens (tertiary/aromatic N) is 2. The van der Waals surface area contributed by atoms with Crippen molar-refractivity contribution in [3.8, 4) is 0 Å². The molecule has 0 saturated carbocycles. The minimum absolute atomic E-state index is 0. The number of quaternary nitrogens is 2. The van der Waals surface area contributed by atoms with Crippen molar-refractivity contribution in [2.24, 2.45) is 11.8 Å². The predicted octanol–water partition coefficient (Wildman–Crippen LogP) is 0.478. The van der Waals surface area contributed by atoms with Gasteiger partial charge in [0.15, 0.2) is 0 Å². The van der Waals surface area contributed by atoms with Gasteiger partial charge in [-0.25, -0.2) is 0 Å². The summed E-state index contributed by atoms with van der Waals surface area (Å²) < 4.78 is 9.08. The maximum absolute atomic E-state index is 12.8. The van der Waals surface area contributed by atoms with E-state index in [2.05, 4.69) is 6.92 Å². The van der Waals surface area contributed by atoms with Crippen molar-refractivity contribution in [2.75, 3.05) is 52.4 Å². The second-order valence-corrected chi connectivity index (χ2v) is 12.9. The highest BCUT2D eigenvalue weighted by Crippen LogP contribution is 2.35. The van der Waals surface area contributed by atoms with Crippen LogP contribution in [0, 0.1) is 11.8 Å². The Hall–Kier alpha value is 0.350. The van der Waals surface area contributed by atoms with Gasteiger partial charge < -0.3 is 47.7 Å². The Morgan fingerprint density at radius 3 is 1.53 bits per heavy atom. The summed E-state index contributed by atoms with van der Waals surface area (Å²) in [6.45, 7) is 13.5. The molecular weight excluding hydrogens is 580 g/mol. The van der Waals surface area contributed by atoms with E-state index < -0.39 is 0 Å². The van der Waals surface area contributed by atoms with Gasteiger partial charge in [-0.1, -0.05) is 39.0 Å². The largest absolute Gasteiger partial charge is 1.00 e. The van der Waals surface area contributed by atoms with Crippen molar-refractivity contribution in [1.82, 2.24) is 0 Å². The average molecular weight is 637 g/mol. The number of unbranched alkanes of at least 4 members (excludes halogenated alkanes) is 5. The van der Waals surface area contributed by atoms with Crippen molar-refractivity contribution < 1.29 is 52.5 Å². The molecule has 212 valence electrons. The van der Waals surface area contributed by atoms with Crippen molar-refractivity contribution in [2.45, 2.75) is 122 Å². The summed E-state index contributed by atoms with van der Waals surface area (Å²) in [5.41, 5.74) is 0. The Kier molecular flexibility index (Phi) is 14.9. The van der Waals surface area contributed by atoms with Crippen LogP contribution in [-0.2, 0) is 9.53 Å². The first kappa shape index (κ1) is 32.6. The highest BCUT2D eigenvalue weighted by molar-refractivity contribution is 5.69. The lowest BCUT2D eigenvalue weighted by Crippen LogP contribution is -3.00. The zero-order valence-electron chi connectivity index (χ0n) is 23.4. The van der Waals surface area contributed by atoms with Crippen LogP contribution in [-0.4, -0.2) is 73.4 Å². The molecule has 0 amide bonds. The molecule has 4 saturated heterocycles. The normalized spacial score (nSPS) is 25.9. The van der Waals surface area contributed by atoms with Gasteiger partial charge in [-0.2, -0.15) is 0 Å². The summed E-state index contributed by atoms with van der Waals surface area (Å²) in [6, 6.07) is 0. The number of hydrogen-bond donors (Lipinski definition) is 0. The van der Waals surface area contributed by atoms with Gasteiger partial charge in [0.05, 0.1) is 52.4 Å². The molecule has 0 N–H and O–H groups in total. The summed E-state index contributed by atoms with van der Waals surface area (Å²) in [6.07, 6.45) is 21.7. The third-order valence-electron chi connectivity index (χ3n) is 10.3. The molecule has 4 fully saturated rings. The van der Waals surface area contributed by atoms with E-state index in [1.807, 2.05) is 0 Å². The number of ether oxygens (including phenoxy) is 1. The van der Waals surface area contributed by atoms with Gasteiger partial charge in [0.1, 0.15) is 6.10 Å². The molecule has 36 heavy (non-hydrogen) atoms. The summed E-state index contributed by atoms with van der Waals surface area (Å²) in [5, 5.41) is 0. The number of rotatable bonds is 12. The molecule has 0 aromatic rings. The van der Waals surface area contributed by atoms with Crippen LogP contribution in [0.1, 0.15) is 116 Å². The smallest absolute Gasteiger partial charge is 0.306 e. The minimum atomic E-state index is 0. The lowest BCUT2D eigenvalue weighted by Gasteiger charge is -2.42. The predicted molar refractivity (Wildman–Crippen MR) is 140 cm³/mol. The lowest BCUT2D eigenvalue weighted by molar-refractivity contribution is -0.922. The molecule has 0 aliphatic carbocycles. The molecule has 4 rings (SSSR count). The summed E-state index contributed by atoms with van der Waals surface area (Å²) >= 11 is 0. The fraction of sp³-hybridized carbons (Fsp3) is 0.967. The van der Waals surface area contributed by atoms with Crippen LogP contribution in [0.4, 0.5) is 0 Å². The van der Waals surface area contributed by atoms with E-state index in [9.17, 15) is 4.79 Å². The van der Waals surface area contributed by atoms with E-state index in [1.54, 1.807) is 0 Å². The van der Waals surface area contributed by atoms with E-state index >= 15 is 0 Å². The van der Waals surface area contributed by atoms with Crippen LogP contribution in [0.3, 0.4) is 0 Å². The molecule has 0 unspecified atom stereocenters. The third kappa shape index (κ3) is 9.83. The Bertz CT molecular complexity index is 562. The van der Waals surface area contributed by atoms with Crippen molar-refractivity contribution in [3.63, 3.8) is 0 Å². The molecule has 4 nitrogen and oxygen atoms in total. The lowest BCUT2D eigenvalue weighted by atomic mass is 9.84. The molecule has 4 aliphatic rings. The van der Waals surface area contributed by atoms with Gasteiger partial charge in [0, 0.05) is 32.1 Å². The second-order valence-electron chi connectivity index (χ2n) is 12.9. The molecule has 4 aliphatic heterocycles. The molecule has 0 aromatic carbocycles. The topological polar surface area (TPSA) is 26.3 Å². The van der Waals surface area contributed by atoms with Gasteiger partial charge in [0.25, 0.3) is 0 Å². The monoisotopic (exact) mass is 634 g/mol. The Balaban J connectivity index is 0.00000228. The number of carbonyl (C=O) groups excluding carboxylic acids is 1. The number of halogens is 2. The number of esters is 1. The van der Waals surface area contributed by atoms with Gasteiger partial charge >= 0.3 is 5.97 Å². The molecule has 0 aromatic heterocycles. The van der Waals surface area contributed by atoms with Crippen LogP contribution in [0.25, 0.3) is 0 Å². The first-order chi connectivity index (χ1) is 16.6. The third-order valence-corrected chi connectivity index (χ3v) is 10.3. The van der Waals surface area contributed by atoms with Gasteiger partial charge in [-0.05, 0) is 56.8 Å². The maximum Gasteiger partial charge on any atom is 0.306 e. The van der Waals surface area contributed by atoms with Crippen LogP contribution < -0.4 is 34.0 Å². The van der Waals surface area contributed by atoms with Gasteiger partial charge in [-0.3, -0.25) is 4.79 Å². The van der Waals surface area contributed by atoms with Crippen LogP contribution in [0.2, 0.25) is 0 Å². The molecular formula is C30H56Br2N2O2. The van der Waals surface area contributed by atoms with Crippen LogP contribution >= 0.6 is 0 Å². The van der Waals surface area contributed by atoms with Gasteiger partial charge in [-0.15, -0.1) is 0 Å². The molecule has 0 atom stereocenters. The molecule has 2 spiro atoms. The maximum atomic E-state index is 12.8. The minimum Gasteiger partial charge on any atom is -1.00 e.